The zero-order valence-corrected chi connectivity index (χ0v) is 15.1. The van der Waals surface area contributed by atoms with Crippen molar-refractivity contribution in [2.24, 2.45) is 11.7 Å². The summed E-state index contributed by atoms with van der Waals surface area (Å²) in [7, 11) is 0. The topological polar surface area (TPSA) is 46.3 Å². The highest BCUT2D eigenvalue weighted by atomic mass is 79.9. The normalized spacial score (nSPS) is 24.1. The van der Waals surface area contributed by atoms with E-state index in [4.69, 9.17) is 5.73 Å². The van der Waals surface area contributed by atoms with Gasteiger partial charge in [0.05, 0.1) is 9.70 Å². The van der Waals surface area contributed by atoms with Crippen molar-refractivity contribution in [3.05, 3.63) is 20.8 Å². The van der Waals surface area contributed by atoms with Gasteiger partial charge in [0, 0.05) is 24.0 Å². The van der Waals surface area contributed by atoms with Gasteiger partial charge in [0.1, 0.15) is 0 Å². The lowest BCUT2D eigenvalue weighted by molar-refractivity contribution is -0.136. The summed E-state index contributed by atoms with van der Waals surface area (Å²) in [5.74, 6) is 0.819. The first-order valence-corrected chi connectivity index (χ1v) is 8.39. The number of amides is 1. The number of halogens is 2. The number of hydrogen-bond donors (Lipinski definition) is 1. The molecule has 1 aliphatic rings. The molecule has 0 saturated carbocycles. The molecular weight excluding hydrogens is 360 g/mol. The quantitative estimate of drug-likeness (QED) is 0.869. The summed E-state index contributed by atoms with van der Waals surface area (Å²) in [6.07, 6.45) is 2.12. The van der Waals surface area contributed by atoms with Gasteiger partial charge in [-0.3, -0.25) is 4.79 Å². The van der Waals surface area contributed by atoms with Gasteiger partial charge in [0.2, 0.25) is 5.91 Å². The lowest BCUT2D eigenvalue weighted by Crippen LogP contribution is -2.50. The molecular formula is C14H22BrClN2OS. The van der Waals surface area contributed by atoms with Crippen LogP contribution in [0.5, 0.6) is 0 Å². The van der Waals surface area contributed by atoms with Crippen molar-refractivity contribution in [2.45, 2.75) is 38.6 Å². The Morgan fingerprint density at radius 3 is 2.85 bits per heavy atom. The zero-order chi connectivity index (χ0) is 14.0. The molecule has 1 amide bonds. The van der Waals surface area contributed by atoms with Crippen molar-refractivity contribution < 1.29 is 4.79 Å². The van der Waals surface area contributed by atoms with Crippen LogP contribution in [0.25, 0.3) is 0 Å². The van der Waals surface area contributed by atoms with Crippen LogP contribution in [0.2, 0.25) is 0 Å². The third-order valence-corrected chi connectivity index (χ3v) is 5.73. The summed E-state index contributed by atoms with van der Waals surface area (Å²) in [5, 5.41) is 0. The zero-order valence-electron chi connectivity index (χ0n) is 11.8. The molecule has 0 aliphatic carbocycles. The fourth-order valence-electron chi connectivity index (χ4n) is 2.70. The molecule has 1 aliphatic heterocycles. The number of thiophene rings is 1. The van der Waals surface area contributed by atoms with E-state index in [1.165, 1.54) is 0 Å². The van der Waals surface area contributed by atoms with Crippen LogP contribution < -0.4 is 5.73 Å². The van der Waals surface area contributed by atoms with E-state index in [2.05, 4.69) is 22.9 Å². The molecule has 1 aromatic rings. The molecule has 1 aromatic heterocycles. The van der Waals surface area contributed by atoms with Crippen LogP contribution in [0.4, 0.5) is 0 Å². The van der Waals surface area contributed by atoms with Crippen LogP contribution in [0.15, 0.2) is 15.9 Å². The van der Waals surface area contributed by atoms with Crippen molar-refractivity contribution in [1.82, 2.24) is 4.90 Å². The lowest BCUT2D eigenvalue weighted by atomic mass is 9.91. The molecule has 114 valence electrons. The molecule has 3 atom stereocenters. The molecule has 0 radical (unpaired) electrons. The number of rotatable bonds is 3. The van der Waals surface area contributed by atoms with Crippen LogP contribution >= 0.6 is 39.7 Å². The largest absolute Gasteiger partial charge is 0.338 e. The first-order valence-electron chi connectivity index (χ1n) is 6.78. The van der Waals surface area contributed by atoms with Crippen LogP contribution in [0, 0.1) is 5.92 Å². The number of carbonyl (C=O) groups excluding carboxylic acids is 1. The maximum atomic E-state index is 12.6. The highest BCUT2D eigenvalue weighted by Crippen LogP contribution is 2.31. The Kier molecular flexibility index (Phi) is 6.98. The van der Waals surface area contributed by atoms with Gasteiger partial charge in [-0.1, -0.05) is 6.92 Å². The van der Waals surface area contributed by atoms with Crippen molar-refractivity contribution in [2.75, 3.05) is 13.1 Å². The average Bonchev–Trinajstić information content (AvgIpc) is 2.83. The first-order chi connectivity index (χ1) is 9.02. The van der Waals surface area contributed by atoms with Gasteiger partial charge < -0.3 is 10.6 Å². The summed E-state index contributed by atoms with van der Waals surface area (Å²) in [6.45, 7) is 5.65. The minimum atomic E-state index is -0.0706. The van der Waals surface area contributed by atoms with E-state index >= 15 is 0 Å². The highest BCUT2D eigenvalue weighted by molar-refractivity contribution is 9.11. The molecule has 3 nitrogen and oxygen atoms in total. The number of carbonyl (C=O) groups is 1. The van der Waals surface area contributed by atoms with E-state index in [1.54, 1.807) is 11.3 Å². The Hall–Kier alpha value is -0.100. The summed E-state index contributed by atoms with van der Waals surface area (Å²) in [4.78, 5) is 15.8. The molecule has 20 heavy (non-hydrogen) atoms. The fourth-order valence-corrected chi connectivity index (χ4v) is 4.16. The minimum absolute atomic E-state index is 0. The van der Waals surface area contributed by atoms with Crippen molar-refractivity contribution >= 4 is 45.6 Å². The Labute approximate surface area is 139 Å². The second-order valence-electron chi connectivity index (χ2n) is 5.41. The molecule has 2 rings (SSSR count). The van der Waals surface area contributed by atoms with Crippen LogP contribution in [-0.4, -0.2) is 29.9 Å². The molecule has 2 N–H and O–H groups in total. The number of hydrogen-bond acceptors (Lipinski definition) is 3. The smallest absolute Gasteiger partial charge is 0.230 e. The summed E-state index contributed by atoms with van der Waals surface area (Å²) in [6, 6.07) is 4.24. The molecule has 0 spiro atoms. The maximum absolute atomic E-state index is 12.6. The van der Waals surface area contributed by atoms with Gasteiger partial charge in [0.15, 0.2) is 0 Å². The second kappa shape index (κ2) is 7.78. The van der Waals surface area contributed by atoms with E-state index in [0.29, 0.717) is 12.5 Å². The van der Waals surface area contributed by atoms with Crippen molar-refractivity contribution in [3.63, 3.8) is 0 Å². The second-order valence-corrected chi connectivity index (χ2v) is 7.91. The SMILES string of the molecule is CC1CCN(C(=O)C(C)c2ccc(Br)s2)C(CN)C1.Cl. The minimum Gasteiger partial charge on any atom is -0.338 e. The first kappa shape index (κ1) is 18.0. The third kappa shape index (κ3) is 3.97. The third-order valence-electron chi connectivity index (χ3n) is 3.92. The van der Waals surface area contributed by atoms with Gasteiger partial charge in [-0.05, 0) is 53.7 Å². The fraction of sp³-hybridized carbons (Fsp3) is 0.643. The monoisotopic (exact) mass is 380 g/mol. The summed E-state index contributed by atoms with van der Waals surface area (Å²) in [5.41, 5.74) is 5.84. The van der Waals surface area contributed by atoms with Crippen molar-refractivity contribution in [1.29, 1.82) is 0 Å². The van der Waals surface area contributed by atoms with E-state index < -0.39 is 0 Å². The Morgan fingerprint density at radius 2 is 2.30 bits per heavy atom. The van der Waals surface area contributed by atoms with Gasteiger partial charge in [-0.25, -0.2) is 0 Å². The number of piperidine rings is 1. The lowest BCUT2D eigenvalue weighted by Gasteiger charge is -2.39. The molecule has 0 aromatic carbocycles. The van der Waals surface area contributed by atoms with Gasteiger partial charge >= 0.3 is 0 Å². The van der Waals surface area contributed by atoms with Crippen LogP contribution in [-0.2, 0) is 4.79 Å². The van der Waals surface area contributed by atoms with Gasteiger partial charge in [0.25, 0.3) is 0 Å². The maximum Gasteiger partial charge on any atom is 0.230 e. The summed E-state index contributed by atoms with van der Waals surface area (Å²) < 4.78 is 1.07. The van der Waals surface area contributed by atoms with Crippen LogP contribution in [0.1, 0.15) is 37.5 Å². The number of nitrogens with zero attached hydrogens (tertiary/aromatic N) is 1. The molecule has 3 unspecified atom stereocenters. The van der Waals surface area contributed by atoms with E-state index in [-0.39, 0.29) is 30.3 Å². The molecule has 1 saturated heterocycles. The highest BCUT2D eigenvalue weighted by Gasteiger charge is 2.32. The van der Waals surface area contributed by atoms with E-state index in [9.17, 15) is 4.79 Å². The molecule has 2 heterocycles. The number of likely N-dealkylation sites (tertiary alicyclic amines) is 1. The molecule has 6 heteroatoms. The van der Waals surface area contributed by atoms with Gasteiger partial charge in [-0.2, -0.15) is 0 Å². The predicted molar refractivity (Wildman–Crippen MR) is 90.6 cm³/mol. The van der Waals surface area contributed by atoms with E-state index in [1.807, 2.05) is 24.0 Å². The molecule has 0 bridgehead atoms. The van der Waals surface area contributed by atoms with E-state index in [0.717, 1.165) is 28.0 Å². The van der Waals surface area contributed by atoms with Gasteiger partial charge in [-0.15, -0.1) is 23.7 Å². The molecule has 1 fully saturated rings. The predicted octanol–water partition coefficient (Wildman–Crippen LogP) is 3.62. The van der Waals surface area contributed by atoms with Crippen LogP contribution in [0.3, 0.4) is 0 Å². The summed E-state index contributed by atoms with van der Waals surface area (Å²) >= 11 is 5.09. The standard InChI is InChI=1S/C14H21BrN2OS.ClH/c1-9-5-6-17(11(7-9)8-16)14(18)10(2)12-3-4-13(15)19-12;/h3-4,9-11H,5-8,16H2,1-2H3;1H. The Balaban J connectivity index is 0.00000200. The average molecular weight is 382 g/mol. The van der Waals surface area contributed by atoms with Crippen molar-refractivity contribution in [3.8, 4) is 0 Å². The number of nitrogens with two attached hydrogens (primary N) is 1. The Morgan fingerprint density at radius 1 is 1.60 bits per heavy atom. The Bertz CT molecular complexity index is 454.